The van der Waals surface area contributed by atoms with Crippen molar-refractivity contribution in [3.8, 4) is 11.5 Å². The summed E-state index contributed by atoms with van der Waals surface area (Å²) < 4.78 is 21.8. The van der Waals surface area contributed by atoms with Crippen LogP contribution in [0.2, 0.25) is 0 Å². The molecule has 0 aliphatic carbocycles. The summed E-state index contributed by atoms with van der Waals surface area (Å²) in [6, 6.07) is 18.7. The van der Waals surface area contributed by atoms with E-state index in [4.69, 9.17) is 24.3 Å². The quantitative estimate of drug-likeness (QED) is 0.363. The summed E-state index contributed by atoms with van der Waals surface area (Å²) in [7, 11) is 1.28. The fraction of sp³-hybridized carbons (Fsp3) is 0.300. The molecular formula is C20H23N2O5+. The van der Waals surface area contributed by atoms with Gasteiger partial charge in [-0.1, -0.05) is 36.4 Å². The highest BCUT2D eigenvalue weighted by Crippen LogP contribution is 2.17. The van der Waals surface area contributed by atoms with E-state index < -0.39 is 12.0 Å². The number of rotatable bonds is 11. The van der Waals surface area contributed by atoms with Crippen molar-refractivity contribution >= 4 is 0 Å². The maximum atomic E-state index is 9.65. The summed E-state index contributed by atoms with van der Waals surface area (Å²) in [5.74, 6) is 0.974. The topological polar surface area (TPSA) is 85.3 Å². The van der Waals surface area contributed by atoms with Gasteiger partial charge < -0.3 is 24.1 Å². The molecular weight excluding hydrogens is 348 g/mol. The van der Waals surface area contributed by atoms with Crippen LogP contribution in [0.1, 0.15) is 6.42 Å². The van der Waals surface area contributed by atoms with Gasteiger partial charge in [0.25, 0.3) is 0 Å². The summed E-state index contributed by atoms with van der Waals surface area (Å²) in [5, 5.41) is 18.7. The van der Waals surface area contributed by atoms with Crippen LogP contribution in [0.15, 0.2) is 72.3 Å². The lowest BCUT2D eigenvalue weighted by atomic mass is 10.2. The van der Waals surface area contributed by atoms with Crippen molar-refractivity contribution in [3.63, 3.8) is 0 Å². The molecule has 0 fully saturated rings. The van der Waals surface area contributed by atoms with Crippen molar-refractivity contribution in [1.82, 2.24) is 0 Å². The Morgan fingerprint density at radius 3 is 2.11 bits per heavy atom. The number of methoxy groups -OCH3 is 1. The normalized spacial score (nSPS) is 12.4. The first-order valence-corrected chi connectivity index (χ1v) is 8.51. The first-order valence-electron chi connectivity index (χ1n) is 8.51. The molecule has 0 radical (unpaired) electrons. The highest BCUT2D eigenvalue weighted by Gasteiger charge is 2.27. The Bertz CT molecular complexity index is 744. The molecule has 1 atom stereocenters. The lowest BCUT2D eigenvalue weighted by molar-refractivity contribution is 0.00540. The fourth-order valence-corrected chi connectivity index (χ4v) is 2.27. The molecule has 0 amide bonds. The number of aliphatic hydroxyl groups excluding tert-OH is 1. The minimum absolute atomic E-state index is 0.0249. The van der Waals surface area contributed by atoms with Gasteiger partial charge in [-0.2, -0.15) is 0 Å². The molecule has 0 aromatic heterocycles. The van der Waals surface area contributed by atoms with Gasteiger partial charge in [-0.15, -0.1) is 0 Å². The maximum Gasteiger partial charge on any atom is 0.443 e. The van der Waals surface area contributed by atoms with Crippen LogP contribution in [0.4, 0.5) is 0 Å². The van der Waals surface area contributed by atoms with Crippen molar-refractivity contribution in [2.45, 2.75) is 12.5 Å². The van der Waals surface area contributed by atoms with Crippen molar-refractivity contribution in [3.05, 3.63) is 77.3 Å². The number of benzene rings is 2. The number of para-hydroxylation sites is 2. The second kappa shape index (κ2) is 11.4. The summed E-state index contributed by atoms with van der Waals surface area (Å²) in [6.07, 6.45) is -0.373. The molecule has 7 heteroatoms. The van der Waals surface area contributed by atoms with Gasteiger partial charge in [0.05, 0.1) is 20.1 Å². The Hall–Kier alpha value is -3.24. The number of hydrogen-bond acceptors (Lipinski definition) is 6. The second-order valence-corrected chi connectivity index (χ2v) is 5.54. The molecule has 27 heavy (non-hydrogen) atoms. The average molecular weight is 371 g/mol. The Kier molecular flexibility index (Phi) is 8.47. The Balaban J connectivity index is 1.90. The van der Waals surface area contributed by atoms with Crippen LogP contribution in [0.5, 0.6) is 11.5 Å². The molecule has 1 N–H and O–H groups in total. The lowest BCUT2D eigenvalue weighted by Crippen LogP contribution is -2.25. The van der Waals surface area contributed by atoms with Gasteiger partial charge in [-0.3, -0.25) is 0 Å². The van der Waals surface area contributed by atoms with Crippen molar-refractivity contribution < 1.29 is 24.1 Å². The van der Waals surface area contributed by atoms with E-state index in [1.807, 2.05) is 60.7 Å². The largest absolute Gasteiger partial charge is 0.491 e. The minimum Gasteiger partial charge on any atom is -0.491 e. The van der Waals surface area contributed by atoms with Crippen LogP contribution < -0.4 is 9.47 Å². The minimum atomic E-state index is -0.479. The number of hydrogen-bond donors (Lipinski definition) is 1. The Morgan fingerprint density at radius 2 is 1.56 bits per heavy atom. The standard InChI is InChI=1S/C20H22N2O5/c1-24-20(23)19(22-21)14-18(15-27-17-10-6-3-7-11-17)26-13-12-25-16-8-4-2-5-9-16/h2-11,18H,12-15H2,1H3/p+1/b20-19+. The molecule has 2 aromatic rings. The van der Waals surface area contributed by atoms with E-state index in [1.54, 1.807) is 0 Å². The van der Waals surface area contributed by atoms with Crippen LogP contribution in [-0.4, -0.2) is 38.1 Å². The molecule has 142 valence electrons. The third kappa shape index (κ3) is 7.26. The van der Waals surface area contributed by atoms with Gasteiger partial charge in [-0.25, -0.2) is 0 Å². The van der Waals surface area contributed by atoms with Crippen LogP contribution in [0, 0.1) is 5.39 Å². The average Bonchev–Trinajstić information content (AvgIpc) is 2.73. The SMILES string of the molecule is CO/C(O)=C(\CC(COc1ccccc1)OCCOc1ccccc1)[N+]#N. The summed E-state index contributed by atoms with van der Waals surface area (Å²) in [6.45, 7) is 0.840. The zero-order chi connectivity index (χ0) is 19.3. The Labute approximate surface area is 158 Å². The van der Waals surface area contributed by atoms with Gasteiger partial charge in [0, 0.05) is 0 Å². The van der Waals surface area contributed by atoms with E-state index in [1.165, 1.54) is 7.11 Å². The molecule has 0 spiro atoms. The van der Waals surface area contributed by atoms with Gasteiger partial charge in [-0.05, 0) is 24.3 Å². The van der Waals surface area contributed by atoms with Gasteiger partial charge in [0.1, 0.15) is 30.8 Å². The molecule has 0 bridgehead atoms. The molecule has 0 heterocycles. The van der Waals surface area contributed by atoms with Gasteiger partial charge in [0.2, 0.25) is 5.39 Å². The molecule has 0 saturated carbocycles. The van der Waals surface area contributed by atoms with E-state index >= 15 is 0 Å². The third-order valence-electron chi connectivity index (χ3n) is 3.61. The number of diazo groups is 1. The zero-order valence-electron chi connectivity index (χ0n) is 15.2. The van der Waals surface area contributed by atoms with Crippen molar-refractivity contribution in [2.75, 3.05) is 26.9 Å². The predicted octanol–water partition coefficient (Wildman–Crippen LogP) is 4.15. The Morgan fingerprint density at radius 1 is 0.963 bits per heavy atom. The zero-order valence-corrected chi connectivity index (χ0v) is 15.2. The smallest absolute Gasteiger partial charge is 0.443 e. The highest BCUT2D eigenvalue weighted by molar-refractivity contribution is 5.21. The molecule has 2 rings (SSSR count). The number of ether oxygens (including phenoxy) is 4. The van der Waals surface area contributed by atoms with Crippen LogP contribution >= 0.6 is 0 Å². The van der Waals surface area contributed by atoms with Crippen molar-refractivity contribution in [2.24, 2.45) is 0 Å². The van der Waals surface area contributed by atoms with E-state index in [0.29, 0.717) is 19.0 Å². The molecule has 0 aliphatic heterocycles. The van der Waals surface area contributed by atoms with Gasteiger partial charge >= 0.3 is 11.6 Å². The highest BCUT2D eigenvalue weighted by atomic mass is 16.6. The summed E-state index contributed by atoms with van der Waals surface area (Å²) in [4.78, 5) is 3.07. The summed E-state index contributed by atoms with van der Waals surface area (Å²) >= 11 is 0. The van der Waals surface area contributed by atoms with Crippen molar-refractivity contribution in [1.29, 1.82) is 5.39 Å². The molecule has 7 nitrogen and oxygen atoms in total. The maximum absolute atomic E-state index is 9.65. The van der Waals surface area contributed by atoms with E-state index in [2.05, 4.69) is 4.98 Å². The predicted molar refractivity (Wildman–Crippen MR) is 100.0 cm³/mol. The number of nitrogens with zero attached hydrogens (tertiary/aromatic N) is 2. The van der Waals surface area contributed by atoms with E-state index in [9.17, 15) is 5.11 Å². The van der Waals surface area contributed by atoms with Crippen LogP contribution in [0.3, 0.4) is 0 Å². The van der Waals surface area contributed by atoms with Crippen LogP contribution in [-0.2, 0) is 9.47 Å². The molecule has 2 aromatic carbocycles. The van der Waals surface area contributed by atoms with E-state index in [-0.39, 0.29) is 18.7 Å². The monoisotopic (exact) mass is 371 g/mol. The van der Waals surface area contributed by atoms with Gasteiger partial charge in [0.15, 0.2) is 4.98 Å². The first-order chi connectivity index (χ1) is 13.2. The number of aliphatic hydroxyl groups is 1. The molecule has 0 aliphatic rings. The first kappa shape index (κ1) is 20.1. The third-order valence-corrected chi connectivity index (χ3v) is 3.61. The van der Waals surface area contributed by atoms with E-state index in [0.717, 1.165) is 5.75 Å². The lowest BCUT2D eigenvalue weighted by Gasteiger charge is -2.16. The second-order valence-electron chi connectivity index (χ2n) is 5.54. The summed E-state index contributed by atoms with van der Waals surface area (Å²) in [5.41, 5.74) is -0.0249. The fourth-order valence-electron chi connectivity index (χ4n) is 2.27. The van der Waals surface area contributed by atoms with Crippen LogP contribution in [0.25, 0.3) is 4.98 Å². The molecule has 0 saturated heterocycles. The molecule has 1 unspecified atom stereocenters.